The van der Waals surface area contributed by atoms with Gasteiger partial charge in [0.1, 0.15) is 5.75 Å². The van der Waals surface area contributed by atoms with E-state index in [0.29, 0.717) is 11.8 Å². The van der Waals surface area contributed by atoms with E-state index >= 15 is 0 Å². The van der Waals surface area contributed by atoms with Crippen LogP contribution in [0, 0.1) is 0 Å². The van der Waals surface area contributed by atoms with Crippen LogP contribution in [0.15, 0.2) is 12.1 Å². The number of benzene rings is 1. The molecule has 1 N–H and O–H groups in total. The maximum absolute atomic E-state index is 6.36. The van der Waals surface area contributed by atoms with Gasteiger partial charge in [-0.1, -0.05) is 31.5 Å². The number of halogens is 1. The minimum Gasteiger partial charge on any atom is -0.495 e. The molecule has 0 aromatic heterocycles. The Morgan fingerprint density at radius 2 is 1.94 bits per heavy atom. The predicted octanol–water partition coefficient (Wildman–Crippen LogP) is 3.94. The summed E-state index contributed by atoms with van der Waals surface area (Å²) < 4.78 is 5.44. The summed E-state index contributed by atoms with van der Waals surface area (Å²) in [6, 6.07) is 4.37. The second kappa shape index (κ2) is 5.94. The van der Waals surface area contributed by atoms with Gasteiger partial charge in [-0.2, -0.15) is 0 Å². The third kappa shape index (κ3) is 2.81. The Bertz CT molecular complexity index is 411. The molecule has 0 bridgehead atoms. The van der Waals surface area contributed by atoms with Crippen LogP contribution in [0.25, 0.3) is 0 Å². The topological polar surface area (TPSA) is 21.3 Å². The van der Waals surface area contributed by atoms with Crippen LogP contribution >= 0.6 is 11.6 Å². The lowest BCUT2D eigenvalue weighted by Crippen LogP contribution is -2.26. The van der Waals surface area contributed by atoms with Gasteiger partial charge in [0.05, 0.1) is 12.1 Å². The fourth-order valence-electron chi connectivity index (χ4n) is 2.67. The van der Waals surface area contributed by atoms with E-state index in [4.69, 9.17) is 16.3 Å². The highest BCUT2D eigenvalue weighted by Crippen LogP contribution is 2.38. The molecule has 0 saturated carbocycles. The molecule has 0 aliphatic carbocycles. The summed E-state index contributed by atoms with van der Waals surface area (Å²) in [5.74, 6) is 1.90. The zero-order chi connectivity index (χ0) is 13.1. The Labute approximate surface area is 115 Å². The van der Waals surface area contributed by atoms with E-state index < -0.39 is 0 Å². The van der Waals surface area contributed by atoms with E-state index in [-0.39, 0.29) is 0 Å². The van der Waals surface area contributed by atoms with Crippen LogP contribution < -0.4 is 10.1 Å². The third-order valence-corrected chi connectivity index (χ3v) is 4.01. The van der Waals surface area contributed by atoms with Crippen LogP contribution in [0.2, 0.25) is 5.02 Å². The summed E-state index contributed by atoms with van der Waals surface area (Å²) in [6.45, 7) is 6.57. The van der Waals surface area contributed by atoms with Crippen molar-refractivity contribution in [3.8, 4) is 5.75 Å². The molecule has 0 spiro atoms. The van der Waals surface area contributed by atoms with Crippen LogP contribution in [0.3, 0.4) is 0 Å². The zero-order valence-electron chi connectivity index (χ0n) is 11.4. The third-order valence-electron chi connectivity index (χ3n) is 3.73. The van der Waals surface area contributed by atoms with Crippen LogP contribution in [0.4, 0.5) is 0 Å². The smallest absolute Gasteiger partial charge is 0.140 e. The standard InChI is InChI=1S/C15H22ClNO/c1-10(2)13-8-12(9-14(16)15(13)18-3)11-4-6-17-7-5-11/h8-11,17H,4-7H2,1-3H3. The van der Waals surface area contributed by atoms with Gasteiger partial charge in [-0.15, -0.1) is 0 Å². The SMILES string of the molecule is COc1c(Cl)cc(C2CCNCC2)cc1C(C)C. The molecule has 1 heterocycles. The molecule has 2 nitrogen and oxygen atoms in total. The molecular formula is C15H22ClNO. The lowest BCUT2D eigenvalue weighted by atomic mass is 9.87. The van der Waals surface area contributed by atoms with Crippen molar-refractivity contribution >= 4 is 11.6 Å². The van der Waals surface area contributed by atoms with E-state index in [9.17, 15) is 0 Å². The minimum absolute atomic E-state index is 0.430. The highest BCUT2D eigenvalue weighted by Gasteiger charge is 2.19. The van der Waals surface area contributed by atoms with E-state index in [1.165, 1.54) is 24.0 Å². The van der Waals surface area contributed by atoms with Crippen molar-refractivity contribution in [1.29, 1.82) is 0 Å². The summed E-state index contributed by atoms with van der Waals surface area (Å²) >= 11 is 6.36. The van der Waals surface area contributed by atoms with Crippen molar-refractivity contribution < 1.29 is 4.74 Å². The minimum atomic E-state index is 0.430. The van der Waals surface area contributed by atoms with Crippen molar-refractivity contribution in [3.63, 3.8) is 0 Å². The molecule has 100 valence electrons. The molecule has 0 atom stereocenters. The summed E-state index contributed by atoms with van der Waals surface area (Å²) in [6.07, 6.45) is 2.39. The quantitative estimate of drug-likeness (QED) is 0.896. The first-order valence-corrected chi connectivity index (χ1v) is 7.09. The maximum atomic E-state index is 6.36. The first kappa shape index (κ1) is 13.7. The molecule has 1 saturated heterocycles. The first-order chi connectivity index (χ1) is 8.63. The van der Waals surface area contributed by atoms with Gasteiger partial charge in [-0.05, 0) is 55.0 Å². The normalized spacial score (nSPS) is 17.2. The molecule has 1 aromatic rings. The molecule has 18 heavy (non-hydrogen) atoms. The second-order valence-corrected chi connectivity index (χ2v) is 5.71. The van der Waals surface area contributed by atoms with Crippen molar-refractivity contribution in [1.82, 2.24) is 5.32 Å². The van der Waals surface area contributed by atoms with Crippen molar-refractivity contribution in [2.45, 2.75) is 38.5 Å². The van der Waals surface area contributed by atoms with E-state index in [0.717, 1.165) is 23.9 Å². The molecule has 2 rings (SSSR count). The number of methoxy groups -OCH3 is 1. The number of ether oxygens (including phenoxy) is 1. The lowest BCUT2D eigenvalue weighted by Gasteiger charge is -2.25. The first-order valence-electron chi connectivity index (χ1n) is 6.71. The van der Waals surface area contributed by atoms with Gasteiger partial charge in [0.2, 0.25) is 0 Å². The summed E-state index contributed by atoms with van der Waals surface area (Å²) in [5, 5.41) is 4.15. The Morgan fingerprint density at radius 3 is 2.50 bits per heavy atom. The fraction of sp³-hybridized carbons (Fsp3) is 0.600. The van der Waals surface area contributed by atoms with Gasteiger partial charge in [-0.25, -0.2) is 0 Å². The summed E-state index contributed by atoms with van der Waals surface area (Å²) in [7, 11) is 1.69. The molecule has 1 aliphatic rings. The van der Waals surface area contributed by atoms with Gasteiger partial charge < -0.3 is 10.1 Å². The molecular weight excluding hydrogens is 246 g/mol. The highest BCUT2D eigenvalue weighted by atomic mass is 35.5. The Balaban J connectivity index is 2.37. The molecule has 1 aromatic carbocycles. The number of hydrogen-bond acceptors (Lipinski definition) is 2. The maximum Gasteiger partial charge on any atom is 0.140 e. The summed E-state index contributed by atoms with van der Waals surface area (Å²) in [4.78, 5) is 0. The van der Waals surface area contributed by atoms with Gasteiger partial charge >= 0.3 is 0 Å². The van der Waals surface area contributed by atoms with Crippen LogP contribution in [0.5, 0.6) is 5.75 Å². The number of nitrogens with one attached hydrogen (secondary N) is 1. The number of rotatable bonds is 3. The number of hydrogen-bond donors (Lipinski definition) is 1. The van der Waals surface area contributed by atoms with Gasteiger partial charge in [-0.3, -0.25) is 0 Å². The van der Waals surface area contributed by atoms with Gasteiger partial charge in [0.15, 0.2) is 0 Å². The van der Waals surface area contributed by atoms with Crippen molar-refractivity contribution in [2.24, 2.45) is 0 Å². The molecule has 0 amide bonds. The Hall–Kier alpha value is -0.730. The Kier molecular flexibility index (Phi) is 4.52. The molecule has 1 fully saturated rings. The second-order valence-electron chi connectivity index (χ2n) is 5.30. The fourth-order valence-corrected chi connectivity index (χ4v) is 2.98. The van der Waals surface area contributed by atoms with E-state index in [1.807, 2.05) is 0 Å². The molecule has 0 unspecified atom stereocenters. The monoisotopic (exact) mass is 267 g/mol. The highest BCUT2D eigenvalue weighted by molar-refractivity contribution is 6.32. The average Bonchev–Trinajstić information content (AvgIpc) is 2.38. The molecule has 1 aliphatic heterocycles. The van der Waals surface area contributed by atoms with Gasteiger partial charge in [0.25, 0.3) is 0 Å². The van der Waals surface area contributed by atoms with Crippen LogP contribution in [-0.2, 0) is 0 Å². The van der Waals surface area contributed by atoms with Crippen LogP contribution in [0.1, 0.15) is 49.7 Å². The van der Waals surface area contributed by atoms with Gasteiger partial charge in [0, 0.05) is 0 Å². The van der Waals surface area contributed by atoms with Crippen molar-refractivity contribution in [3.05, 3.63) is 28.3 Å². The van der Waals surface area contributed by atoms with E-state index in [1.54, 1.807) is 7.11 Å². The Morgan fingerprint density at radius 1 is 1.28 bits per heavy atom. The predicted molar refractivity (Wildman–Crippen MR) is 76.9 cm³/mol. The average molecular weight is 268 g/mol. The molecule has 3 heteroatoms. The summed E-state index contributed by atoms with van der Waals surface area (Å²) in [5.41, 5.74) is 2.59. The zero-order valence-corrected chi connectivity index (χ0v) is 12.2. The van der Waals surface area contributed by atoms with E-state index in [2.05, 4.69) is 31.3 Å². The largest absolute Gasteiger partial charge is 0.495 e. The van der Waals surface area contributed by atoms with Crippen LogP contribution in [-0.4, -0.2) is 20.2 Å². The van der Waals surface area contributed by atoms with Crippen molar-refractivity contribution in [2.75, 3.05) is 20.2 Å². The number of piperidine rings is 1. The lowest BCUT2D eigenvalue weighted by molar-refractivity contribution is 0.406. The molecule has 0 radical (unpaired) electrons.